The van der Waals surface area contributed by atoms with Crippen molar-refractivity contribution in [3.63, 3.8) is 0 Å². The first-order valence-electron chi connectivity index (χ1n) is 8.35. The summed E-state index contributed by atoms with van der Waals surface area (Å²) in [6.07, 6.45) is 3.65. The Labute approximate surface area is 153 Å². The number of hydrogen-bond acceptors (Lipinski definition) is 5. The van der Waals surface area contributed by atoms with Crippen LogP contribution in [0.25, 0.3) is 10.8 Å². The highest BCUT2D eigenvalue weighted by molar-refractivity contribution is 7.89. The topological polar surface area (TPSA) is 75.2 Å². The minimum atomic E-state index is -3.21. The van der Waals surface area contributed by atoms with Gasteiger partial charge in [-0.25, -0.2) is 18.1 Å². The van der Waals surface area contributed by atoms with Crippen LogP contribution in [0.15, 0.2) is 18.5 Å². The summed E-state index contributed by atoms with van der Waals surface area (Å²) in [7, 11) is -1.75. The summed E-state index contributed by atoms with van der Waals surface area (Å²) in [4.78, 5) is 11.1. The van der Waals surface area contributed by atoms with E-state index >= 15 is 0 Å². The molecule has 0 bridgehead atoms. The molecular formula is C17H23ClN4O2S. The number of halogens is 1. The van der Waals surface area contributed by atoms with E-state index in [9.17, 15) is 8.42 Å². The first-order valence-corrected chi connectivity index (χ1v) is 10.4. The molecule has 2 atom stereocenters. The number of sulfonamides is 1. The second-order valence-corrected chi connectivity index (χ2v) is 9.23. The average Bonchev–Trinajstić information content (AvgIpc) is 2.57. The van der Waals surface area contributed by atoms with E-state index in [1.807, 2.05) is 19.2 Å². The molecule has 2 aromatic rings. The molecule has 0 unspecified atom stereocenters. The second-order valence-electron chi connectivity index (χ2n) is 6.87. The van der Waals surface area contributed by atoms with Crippen LogP contribution < -0.4 is 9.62 Å². The van der Waals surface area contributed by atoms with Gasteiger partial charge < -0.3 is 4.90 Å². The van der Waals surface area contributed by atoms with Crippen molar-refractivity contribution in [1.29, 1.82) is 0 Å². The fourth-order valence-corrected chi connectivity index (χ4v) is 4.64. The molecule has 25 heavy (non-hydrogen) atoms. The molecule has 1 fully saturated rings. The van der Waals surface area contributed by atoms with Crippen LogP contribution in [0.3, 0.4) is 0 Å². The molecular weight excluding hydrogens is 360 g/mol. The van der Waals surface area contributed by atoms with E-state index < -0.39 is 10.0 Å². The number of nitrogens with zero attached hydrogens (tertiary/aromatic N) is 3. The van der Waals surface area contributed by atoms with Crippen LogP contribution in [0.5, 0.6) is 0 Å². The summed E-state index contributed by atoms with van der Waals surface area (Å²) in [6, 6.07) is 1.98. The Kier molecular flexibility index (Phi) is 4.92. The average molecular weight is 383 g/mol. The summed E-state index contributed by atoms with van der Waals surface area (Å²) in [5.41, 5.74) is 1.97. The molecule has 0 saturated carbocycles. The molecule has 0 aliphatic carbocycles. The van der Waals surface area contributed by atoms with Gasteiger partial charge in [0.05, 0.1) is 23.3 Å². The second kappa shape index (κ2) is 6.70. The van der Waals surface area contributed by atoms with Crippen molar-refractivity contribution in [1.82, 2.24) is 14.7 Å². The molecule has 0 aromatic carbocycles. The van der Waals surface area contributed by atoms with Gasteiger partial charge in [0.15, 0.2) is 0 Å². The normalized spacial score (nSPS) is 21.0. The Hall–Kier alpha value is -1.44. The van der Waals surface area contributed by atoms with Crippen molar-refractivity contribution in [3.8, 4) is 0 Å². The number of anilines is 1. The maximum absolute atomic E-state index is 11.8. The fraction of sp³-hybridized carbons (Fsp3) is 0.529. The van der Waals surface area contributed by atoms with Crippen molar-refractivity contribution in [3.05, 3.63) is 29.3 Å². The van der Waals surface area contributed by atoms with Gasteiger partial charge in [-0.3, -0.25) is 4.98 Å². The monoisotopic (exact) mass is 382 g/mol. The summed E-state index contributed by atoms with van der Waals surface area (Å²) in [6.45, 7) is 6.93. The van der Waals surface area contributed by atoms with Crippen molar-refractivity contribution in [2.75, 3.05) is 24.2 Å². The Morgan fingerprint density at radius 2 is 2.04 bits per heavy atom. The fourth-order valence-electron chi connectivity index (χ4n) is 3.37. The third-order valence-corrected chi connectivity index (χ3v) is 6.65. The molecule has 2 aromatic heterocycles. The summed E-state index contributed by atoms with van der Waals surface area (Å²) >= 11 is 6.09. The van der Waals surface area contributed by atoms with Gasteiger partial charge in [-0.1, -0.05) is 25.4 Å². The molecule has 1 saturated heterocycles. The van der Waals surface area contributed by atoms with Crippen LogP contribution in [0.1, 0.15) is 32.4 Å². The zero-order valence-corrected chi connectivity index (χ0v) is 16.4. The van der Waals surface area contributed by atoms with Crippen LogP contribution in [0, 0.1) is 5.92 Å². The van der Waals surface area contributed by atoms with Crippen molar-refractivity contribution >= 4 is 38.1 Å². The van der Waals surface area contributed by atoms with Gasteiger partial charge in [0.25, 0.3) is 0 Å². The van der Waals surface area contributed by atoms with Crippen LogP contribution in [0.2, 0.25) is 5.15 Å². The number of aromatic nitrogens is 2. The maximum atomic E-state index is 11.8. The SMILES string of the molecule is CNS(=O)(=O)C[C@H]1CN(c2cnc(C(C)C)c3cc(Cl)ncc23)[C@@H]1C. The highest BCUT2D eigenvalue weighted by atomic mass is 35.5. The van der Waals surface area contributed by atoms with E-state index in [-0.39, 0.29) is 23.6 Å². The molecule has 6 nitrogen and oxygen atoms in total. The van der Waals surface area contributed by atoms with Gasteiger partial charge >= 0.3 is 0 Å². The lowest BCUT2D eigenvalue weighted by atomic mass is 9.90. The van der Waals surface area contributed by atoms with E-state index in [0.29, 0.717) is 11.7 Å². The minimum absolute atomic E-state index is 0.0949. The largest absolute Gasteiger partial charge is 0.366 e. The lowest BCUT2D eigenvalue weighted by Gasteiger charge is -2.48. The summed E-state index contributed by atoms with van der Waals surface area (Å²) in [5.74, 6) is 0.510. The quantitative estimate of drug-likeness (QED) is 0.805. The van der Waals surface area contributed by atoms with Gasteiger partial charge in [0.2, 0.25) is 10.0 Å². The zero-order chi connectivity index (χ0) is 18.4. The smallest absolute Gasteiger partial charge is 0.211 e. The molecule has 1 aliphatic heterocycles. The Morgan fingerprint density at radius 3 is 2.64 bits per heavy atom. The molecule has 0 amide bonds. The van der Waals surface area contributed by atoms with Gasteiger partial charge in [0, 0.05) is 35.5 Å². The number of rotatable bonds is 5. The van der Waals surface area contributed by atoms with Gasteiger partial charge in [-0.05, 0) is 26.0 Å². The number of nitrogens with one attached hydrogen (secondary N) is 1. The molecule has 3 heterocycles. The van der Waals surface area contributed by atoms with Gasteiger partial charge in [-0.15, -0.1) is 0 Å². The Balaban J connectivity index is 1.95. The van der Waals surface area contributed by atoms with Crippen LogP contribution >= 0.6 is 11.6 Å². The van der Waals surface area contributed by atoms with Crippen LogP contribution in [-0.2, 0) is 10.0 Å². The zero-order valence-electron chi connectivity index (χ0n) is 14.8. The predicted octanol–water partition coefficient (Wildman–Crippen LogP) is 2.78. The minimum Gasteiger partial charge on any atom is -0.366 e. The third-order valence-electron chi connectivity index (χ3n) is 4.95. The lowest BCUT2D eigenvalue weighted by molar-refractivity contribution is 0.340. The lowest BCUT2D eigenvalue weighted by Crippen LogP contribution is -2.57. The first-order chi connectivity index (χ1) is 11.7. The molecule has 8 heteroatoms. The number of pyridine rings is 2. The van der Waals surface area contributed by atoms with Gasteiger partial charge in [0.1, 0.15) is 5.15 Å². The Morgan fingerprint density at radius 1 is 1.32 bits per heavy atom. The van der Waals surface area contributed by atoms with Crippen LogP contribution in [-0.4, -0.2) is 43.8 Å². The Bertz CT molecular complexity index is 901. The van der Waals surface area contributed by atoms with Crippen molar-refractivity contribution in [2.24, 2.45) is 5.92 Å². The molecule has 0 radical (unpaired) electrons. The maximum Gasteiger partial charge on any atom is 0.211 e. The molecule has 3 rings (SSSR count). The van der Waals surface area contributed by atoms with E-state index in [1.165, 1.54) is 7.05 Å². The summed E-state index contributed by atoms with van der Waals surface area (Å²) in [5, 5.41) is 2.46. The molecule has 136 valence electrons. The molecule has 0 spiro atoms. The predicted molar refractivity (Wildman–Crippen MR) is 102 cm³/mol. The third kappa shape index (κ3) is 3.45. The van der Waals surface area contributed by atoms with E-state index in [4.69, 9.17) is 11.6 Å². The molecule has 1 aliphatic rings. The van der Waals surface area contributed by atoms with E-state index in [1.54, 1.807) is 6.20 Å². The van der Waals surface area contributed by atoms with Crippen LogP contribution in [0.4, 0.5) is 5.69 Å². The highest BCUT2D eigenvalue weighted by Crippen LogP contribution is 2.38. The standard InChI is InChI=1S/C17H23ClN4O2S/c1-10(2)17-13-5-16(18)20-6-14(13)15(7-21-17)22-8-12(11(22)3)9-25(23,24)19-4/h5-7,10-12,19H,8-9H2,1-4H3/t11-,12-/m1/s1. The molecule has 1 N–H and O–H groups in total. The number of fused-ring (bicyclic) bond motifs is 1. The van der Waals surface area contributed by atoms with E-state index in [0.717, 1.165) is 22.2 Å². The van der Waals surface area contributed by atoms with E-state index in [2.05, 4.69) is 33.4 Å². The van der Waals surface area contributed by atoms with Crippen molar-refractivity contribution < 1.29 is 8.42 Å². The van der Waals surface area contributed by atoms with Gasteiger partial charge in [-0.2, -0.15) is 0 Å². The first kappa shape index (κ1) is 18.4. The highest BCUT2D eigenvalue weighted by Gasteiger charge is 2.39. The number of hydrogen-bond donors (Lipinski definition) is 1. The summed E-state index contributed by atoms with van der Waals surface area (Å²) < 4.78 is 26.0. The van der Waals surface area contributed by atoms with Crippen molar-refractivity contribution in [2.45, 2.75) is 32.7 Å².